The van der Waals surface area contributed by atoms with Gasteiger partial charge in [0.25, 0.3) is 0 Å². The fourth-order valence-electron chi connectivity index (χ4n) is 1.25. The first-order valence-corrected chi connectivity index (χ1v) is 5.86. The zero-order valence-electron chi connectivity index (χ0n) is 9.82. The number of nitrogens with two attached hydrogens (primary N) is 1. The number of hydroxylamine groups is 1. The molecule has 0 radical (unpaired) electrons. The highest BCUT2D eigenvalue weighted by atomic mass is 35.5. The largest absolute Gasteiger partial charge is 0.284 e. The lowest BCUT2D eigenvalue weighted by atomic mass is 10.1. The van der Waals surface area contributed by atoms with Crippen LogP contribution in [0.25, 0.3) is 0 Å². The average molecular weight is 243 g/mol. The van der Waals surface area contributed by atoms with Crippen molar-refractivity contribution < 1.29 is 4.84 Å². The van der Waals surface area contributed by atoms with E-state index in [9.17, 15) is 0 Å². The van der Waals surface area contributed by atoms with E-state index in [1.807, 2.05) is 24.3 Å². The molecule has 3 nitrogen and oxygen atoms in total. The summed E-state index contributed by atoms with van der Waals surface area (Å²) >= 11 is 6.02. The molecule has 0 heterocycles. The molecule has 0 aliphatic carbocycles. The summed E-state index contributed by atoms with van der Waals surface area (Å²) in [6.45, 7) is 5.44. The van der Waals surface area contributed by atoms with Crippen molar-refractivity contribution in [3.05, 3.63) is 34.9 Å². The van der Waals surface area contributed by atoms with E-state index in [1.165, 1.54) is 5.17 Å². The van der Waals surface area contributed by atoms with Crippen molar-refractivity contribution in [1.82, 2.24) is 5.17 Å². The third kappa shape index (κ3) is 4.94. The third-order valence-corrected chi connectivity index (χ3v) is 2.61. The van der Waals surface area contributed by atoms with Crippen molar-refractivity contribution in [2.45, 2.75) is 26.8 Å². The fraction of sp³-hybridized carbons (Fsp3) is 0.500. The first-order valence-electron chi connectivity index (χ1n) is 5.48. The quantitative estimate of drug-likeness (QED) is 0.616. The van der Waals surface area contributed by atoms with Crippen LogP contribution in [0.3, 0.4) is 0 Å². The van der Waals surface area contributed by atoms with Gasteiger partial charge in [-0.2, -0.15) is 0 Å². The number of halogens is 1. The second-order valence-electron chi connectivity index (χ2n) is 4.18. The summed E-state index contributed by atoms with van der Waals surface area (Å²) in [5.74, 6) is 6.33. The minimum Gasteiger partial charge on any atom is -0.284 e. The molecule has 1 aromatic rings. The monoisotopic (exact) mass is 242 g/mol. The van der Waals surface area contributed by atoms with Crippen LogP contribution in [0.4, 0.5) is 0 Å². The Labute approximate surface area is 102 Å². The Morgan fingerprint density at radius 3 is 2.69 bits per heavy atom. The molecule has 1 aromatic carbocycles. The van der Waals surface area contributed by atoms with E-state index in [0.717, 1.165) is 12.0 Å². The molecule has 0 saturated heterocycles. The lowest BCUT2D eigenvalue weighted by Crippen LogP contribution is -2.31. The maximum absolute atomic E-state index is 6.02. The van der Waals surface area contributed by atoms with Crippen LogP contribution in [0.1, 0.15) is 25.8 Å². The molecule has 16 heavy (non-hydrogen) atoms. The Balaban J connectivity index is 2.34. The van der Waals surface area contributed by atoms with E-state index in [0.29, 0.717) is 24.1 Å². The van der Waals surface area contributed by atoms with Crippen LogP contribution >= 0.6 is 11.6 Å². The van der Waals surface area contributed by atoms with Crippen molar-refractivity contribution >= 4 is 11.6 Å². The maximum atomic E-state index is 6.02. The number of hydrazine groups is 1. The Morgan fingerprint density at radius 2 is 2.06 bits per heavy atom. The summed E-state index contributed by atoms with van der Waals surface area (Å²) in [5.41, 5.74) is 0.969. The number of benzene rings is 1. The number of rotatable bonds is 6. The molecule has 0 bridgehead atoms. The van der Waals surface area contributed by atoms with E-state index in [4.69, 9.17) is 22.3 Å². The molecule has 0 atom stereocenters. The van der Waals surface area contributed by atoms with Gasteiger partial charge in [0.1, 0.15) is 0 Å². The first kappa shape index (κ1) is 13.5. The molecule has 0 aromatic heterocycles. The van der Waals surface area contributed by atoms with Crippen LogP contribution in [-0.2, 0) is 11.4 Å². The Kier molecular flexibility index (Phi) is 5.77. The van der Waals surface area contributed by atoms with Crippen molar-refractivity contribution in [3.63, 3.8) is 0 Å². The molecule has 0 saturated carbocycles. The highest BCUT2D eigenvalue weighted by molar-refractivity contribution is 6.31. The van der Waals surface area contributed by atoms with Crippen molar-refractivity contribution in [2.75, 3.05) is 6.61 Å². The van der Waals surface area contributed by atoms with Gasteiger partial charge >= 0.3 is 0 Å². The van der Waals surface area contributed by atoms with Crippen LogP contribution in [0, 0.1) is 5.92 Å². The number of hydrogen-bond donors (Lipinski definition) is 1. The summed E-state index contributed by atoms with van der Waals surface area (Å²) in [4.78, 5) is 5.36. The van der Waals surface area contributed by atoms with Gasteiger partial charge in [0.15, 0.2) is 0 Å². The second kappa shape index (κ2) is 6.86. The predicted molar refractivity (Wildman–Crippen MR) is 66.6 cm³/mol. The normalized spacial score (nSPS) is 11.4. The van der Waals surface area contributed by atoms with Crippen molar-refractivity contribution in [3.8, 4) is 0 Å². The van der Waals surface area contributed by atoms with Crippen LogP contribution < -0.4 is 5.84 Å². The third-order valence-electron chi connectivity index (χ3n) is 2.24. The van der Waals surface area contributed by atoms with Crippen LogP contribution in [0.2, 0.25) is 5.02 Å². The molecule has 2 N–H and O–H groups in total. The lowest BCUT2D eigenvalue weighted by molar-refractivity contribution is -0.171. The summed E-state index contributed by atoms with van der Waals surface area (Å²) in [6, 6.07) is 7.61. The minimum absolute atomic E-state index is 0.498. The minimum atomic E-state index is 0.498. The molecule has 1 rings (SSSR count). The van der Waals surface area contributed by atoms with Gasteiger partial charge in [-0.15, -0.1) is 5.17 Å². The standard InChI is InChI=1S/C12H19ClN2O/c1-10(2)7-8-16-15(14)9-11-5-3-4-6-12(11)13/h3-6,10H,7-9,14H2,1-2H3. The van der Waals surface area contributed by atoms with Crippen LogP contribution in [0.5, 0.6) is 0 Å². The highest BCUT2D eigenvalue weighted by Crippen LogP contribution is 2.16. The van der Waals surface area contributed by atoms with Crippen molar-refractivity contribution in [2.24, 2.45) is 11.8 Å². The summed E-state index contributed by atoms with van der Waals surface area (Å²) in [6.07, 6.45) is 0.996. The summed E-state index contributed by atoms with van der Waals surface area (Å²) < 4.78 is 0. The van der Waals surface area contributed by atoms with Gasteiger partial charge in [0.2, 0.25) is 0 Å². The van der Waals surface area contributed by atoms with E-state index in [2.05, 4.69) is 13.8 Å². The van der Waals surface area contributed by atoms with Gasteiger partial charge in [-0.3, -0.25) is 4.84 Å². The van der Waals surface area contributed by atoms with Crippen molar-refractivity contribution in [1.29, 1.82) is 0 Å². The van der Waals surface area contributed by atoms with E-state index in [-0.39, 0.29) is 0 Å². The SMILES string of the molecule is CC(C)CCON(N)Cc1ccccc1Cl. The molecule has 90 valence electrons. The maximum Gasteiger partial charge on any atom is 0.0704 e. The first-order chi connectivity index (χ1) is 7.59. The van der Waals surface area contributed by atoms with Gasteiger partial charge in [-0.25, -0.2) is 5.84 Å². The highest BCUT2D eigenvalue weighted by Gasteiger charge is 2.05. The number of nitrogens with zero attached hydrogens (tertiary/aromatic N) is 1. The van der Waals surface area contributed by atoms with Gasteiger partial charge in [0.05, 0.1) is 13.2 Å². The molecule has 0 aliphatic heterocycles. The Bertz CT molecular complexity index is 318. The van der Waals surface area contributed by atoms with E-state index in [1.54, 1.807) is 0 Å². The zero-order valence-corrected chi connectivity index (χ0v) is 10.6. The Hall–Kier alpha value is -0.610. The zero-order chi connectivity index (χ0) is 12.0. The summed E-state index contributed by atoms with van der Waals surface area (Å²) in [5, 5.41) is 2.05. The molecule has 0 fully saturated rings. The van der Waals surface area contributed by atoms with E-state index < -0.39 is 0 Å². The van der Waals surface area contributed by atoms with Gasteiger partial charge < -0.3 is 0 Å². The van der Waals surface area contributed by atoms with Crippen LogP contribution in [0.15, 0.2) is 24.3 Å². The number of hydrogen-bond acceptors (Lipinski definition) is 3. The smallest absolute Gasteiger partial charge is 0.0704 e. The molecule has 0 amide bonds. The van der Waals surface area contributed by atoms with Gasteiger partial charge in [-0.05, 0) is 24.0 Å². The molecule has 0 unspecified atom stereocenters. The molecule has 4 heteroatoms. The molecular weight excluding hydrogens is 224 g/mol. The molecular formula is C12H19ClN2O. The van der Waals surface area contributed by atoms with Gasteiger partial charge in [-0.1, -0.05) is 43.6 Å². The predicted octanol–water partition coefficient (Wildman–Crippen LogP) is 2.99. The topological polar surface area (TPSA) is 38.5 Å². The molecule has 0 spiro atoms. The van der Waals surface area contributed by atoms with Crippen LogP contribution in [-0.4, -0.2) is 11.8 Å². The average Bonchev–Trinajstić information content (AvgIpc) is 2.21. The fourth-order valence-corrected chi connectivity index (χ4v) is 1.44. The Morgan fingerprint density at radius 1 is 1.38 bits per heavy atom. The van der Waals surface area contributed by atoms with Gasteiger partial charge in [0, 0.05) is 5.02 Å². The lowest BCUT2D eigenvalue weighted by Gasteiger charge is -2.17. The van der Waals surface area contributed by atoms with E-state index >= 15 is 0 Å². The second-order valence-corrected chi connectivity index (χ2v) is 4.59. The molecule has 0 aliphatic rings. The summed E-state index contributed by atoms with van der Waals surface area (Å²) in [7, 11) is 0.